The van der Waals surface area contributed by atoms with Gasteiger partial charge in [0.25, 0.3) is 5.69 Å². The van der Waals surface area contributed by atoms with Crippen LogP contribution in [-0.2, 0) is 27.3 Å². The molecule has 4 rings (SSSR count). The summed E-state index contributed by atoms with van der Waals surface area (Å²) in [5.41, 5.74) is 1.31. The number of nitrogens with one attached hydrogen (secondary N) is 2. The molecule has 1 fully saturated rings. The summed E-state index contributed by atoms with van der Waals surface area (Å²) < 4.78 is 0. The van der Waals surface area contributed by atoms with Crippen molar-refractivity contribution in [2.45, 2.75) is 65.2 Å². The molecule has 1 heterocycles. The molecule has 0 spiro atoms. The first-order valence-corrected chi connectivity index (χ1v) is 14.8. The summed E-state index contributed by atoms with van der Waals surface area (Å²) in [6.45, 7) is 7.73. The largest absolute Gasteiger partial charge is 0.354 e. The zero-order valence-electron chi connectivity index (χ0n) is 25.1. The van der Waals surface area contributed by atoms with Gasteiger partial charge in [-0.1, -0.05) is 75.4 Å². The Morgan fingerprint density at radius 3 is 2.42 bits per heavy atom. The fraction of sp³-hybridized carbons (Fsp3) is 0.424. The second-order valence-electron chi connectivity index (χ2n) is 12.1. The number of amides is 3. The predicted molar refractivity (Wildman–Crippen MR) is 166 cm³/mol. The summed E-state index contributed by atoms with van der Waals surface area (Å²) in [6, 6.07) is 19.7. The molecule has 228 valence electrons. The number of nitrogens with zero attached hydrogens (tertiary/aromatic N) is 3. The van der Waals surface area contributed by atoms with Crippen molar-refractivity contribution in [3.05, 3.63) is 88.0 Å². The number of nitro benzene ring substituents is 1. The molecular weight excluding hydrogens is 546 g/mol. The molecule has 3 amide bonds. The van der Waals surface area contributed by atoms with Crippen molar-refractivity contribution in [1.82, 2.24) is 20.4 Å². The Kier molecular flexibility index (Phi) is 10.5. The van der Waals surface area contributed by atoms with Crippen LogP contribution in [-0.4, -0.2) is 64.8 Å². The highest BCUT2D eigenvalue weighted by Gasteiger charge is 2.41. The van der Waals surface area contributed by atoms with Crippen LogP contribution in [0.3, 0.4) is 0 Å². The molecule has 3 aromatic rings. The lowest BCUT2D eigenvalue weighted by molar-refractivity contribution is -0.384. The lowest BCUT2D eigenvalue weighted by Gasteiger charge is -2.39. The highest BCUT2D eigenvalue weighted by molar-refractivity contribution is 5.86. The smallest absolute Gasteiger partial charge is 0.269 e. The van der Waals surface area contributed by atoms with Crippen molar-refractivity contribution in [2.24, 2.45) is 5.41 Å². The van der Waals surface area contributed by atoms with E-state index in [0.717, 1.165) is 34.7 Å². The lowest BCUT2D eigenvalue weighted by atomic mass is 9.94. The van der Waals surface area contributed by atoms with E-state index in [1.807, 2.05) is 63.2 Å². The van der Waals surface area contributed by atoms with Gasteiger partial charge >= 0.3 is 0 Å². The summed E-state index contributed by atoms with van der Waals surface area (Å²) in [7, 11) is 0. The fourth-order valence-corrected chi connectivity index (χ4v) is 5.51. The molecule has 0 aromatic heterocycles. The summed E-state index contributed by atoms with van der Waals surface area (Å²) >= 11 is 0. The average Bonchev–Trinajstić information content (AvgIpc) is 3.47. The van der Waals surface area contributed by atoms with Gasteiger partial charge in [0, 0.05) is 43.6 Å². The van der Waals surface area contributed by atoms with Gasteiger partial charge in [-0.2, -0.15) is 0 Å². The zero-order chi connectivity index (χ0) is 31.0. The van der Waals surface area contributed by atoms with Gasteiger partial charge in [0.1, 0.15) is 12.2 Å². The predicted octanol–water partition coefficient (Wildman–Crippen LogP) is 4.41. The van der Waals surface area contributed by atoms with Crippen LogP contribution in [0.5, 0.6) is 0 Å². The SMILES string of the molecule is CC(C)(C)C(=O)N1CCCC1N(C=O)[C@H](Cc1ccc2ccccc2c1)C(=O)NCCCNCc1ccc([N+](=O)[O-])cc1. The van der Waals surface area contributed by atoms with E-state index in [9.17, 15) is 24.5 Å². The first kappa shape index (κ1) is 31.6. The maximum atomic E-state index is 13.7. The van der Waals surface area contributed by atoms with Gasteiger partial charge in [-0.15, -0.1) is 0 Å². The van der Waals surface area contributed by atoms with Gasteiger partial charge < -0.3 is 20.4 Å². The number of carbonyl (C=O) groups is 3. The van der Waals surface area contributed by atoms with Crippen LogP contribution in [0.1, 0.15) is 51.2 Å². The van der Waals surface area contributed by atoms with Gasteiger partial charge in [0.2, 0.25) is 18.2 Å². The van der Waals surface area contributed by atoms with E-state index in [2.05, 4.69) is 10.6 Å². The maximum absolute atomic E-state index is 13.7. The Bertz CT molecular complexity index is 1440. The summed E-state index contributed by atoms with van der Waals surface area (Å²) in [5, 5.41) is 19.3. The van der Waals surface area contributed by atoms with Crippen molar-refractivity contribution >= 4 is 34.7 Å². The van der Waals surface area contributed by atoms with Crippen molar-refractivity contribution in [3.63, 3.8) is 0 Å². The number of hydrogen-bond donors (Lipinski definition) is 2. The van der Waals surface area contributed by atoms with Gasteiger partial charge in [-0.05, 0) is 47.7 Å². The highest BCUT2D eigenvalue weighted by Crippen LogP contribution is 2.29. The Balaban J connectivity index is 1.43. The number of hydrogen-bond acceptors (Lipinski definition) is 6. The molecule has 1 saturated heterocycles. The topological polar surface area (TPSA) is 125 Å². The molecule has 2 N–H and O–H groups in total. The number of likely N-dealkylation sites (tertiary alicyclic amines) is 1. The Morgan fingerprint density at radius 2 is 1.74 bits per heavy atom. The van der Waals surface area contributed by atoms with Crippen LogP contribution < -0.4 is 10.6 Å². The van der Waals surface area contributed by atoms with E-state index in [0.29, 0.717) is 45.4 Å². The van der Waals surface area contributed by atoms with Crippen LogP contribution in [0.15, 0.2) is 66.7 Å². The minimum Gasteiger partial charge on any atom is -0.354 e. The zero-order valence-corrected chi connectivity index (χ0v) is 25.1. The Labute approximate surface area is 252 Å². The Morgan fingerprint density at radius 1 is 1.05 bits per heavy atom. The average molecular weight is 588 g/mol. The third kappa shape index (κ3) is 8.16. The summed E-state index contributed by atoms with van der Waals surface area (Å²) in [6.07, 6.45) is 2.60. The first-order chi connectivity index (χ1) is 20.6. The molecule has 0 radical (unpaired) electrons. The Hall–Kier alpha value is -4.31. The van der Waals surface area contributed by atoms with E-state index in [1.165, 1.54) is 17.0 Å². The molecule has 0 saturated carbocycles. The molecular formula is C33H41N5O5. The molecule has 2 atom stereocenters. The van der Waals surface area contributed by atoms with Crippen LogP contribution in [0.2, 0.25) is 0 Å². The fourth-order valence-electron chi connectivity index (χ4n) is 5.51. The van der Waals surface area contributed by atoms with E-state index in [4.69, 9.17) is 0 Å². The number of benzene rings is 3. The second kappa shape index (κ2) is 14.2. The third-order valence-electron chi connectivity index (χ3n) is 7.80. The van der Waals surface area contributed by atoms with Crippen LogP contribution in [0.4, 0.5) is 5.69 Å². The van der Waals surface area contributed by atoms with E-state index < -0.39 is 22.5 Å². The molecule has 10 nitrogen and oxygen atoms in total. The standard InChI is InChI=1S/C33H41N5O5/c1-33(2,3)32(41)36-19-6-10-30(36)37(23-39)29(21-25-11-14-26-8-4-5-9-27(26)20-25)31(40)35-18-7-17-34-22-24-12-15-28(16-13-24)38(42)43/h4-5,8-9,11-16,20,23,29-30,34H,6-7,10,17-19,21-22H2,1-3H3,(H,35,40)/t29-,30?/m1/s1. The van der Waals surface area contributed by atoms with Gasteiger partial charge in [-0.3, -0.25) is 24.5 Å². The number of nitro groups is 1. The molecule has 0 aliphatic carbocycles. The van der Waals surface area contributed by atoms with Crippen LogP contribution in [0.25, 0.3) is 10.8 Å². The minimum absolute atomic E-state index is 0.0363. The van der Waals surface area contributed by atoms with Crippen molar-refractivity contribution in [3.8, 4) is 0 Å². The van der Waals surface area contributed by atoms with E-state index in [-0.39, 0.29) is 17.5 Å². The van der Waals surface area contributed by atoms with Gasteiger partial charge in [-0.25, -0.2) is 0 Å². The third-order valence-corrected chi connectivity index (χ3v) is 7.80. The second-order valence-corrected chi connectivity index (χ2v) is 12.1. The van der Waals surface area contributed by atoms with Crippen LogP contribution >= 0.6 is 0 Å². The number of carbonyl (C=O) groups excluding carboxylic acids is 3. The molecule has 43 heavy (non-hydrogen) atoms. The summed E-state index contributed by atoms with van der Waals surface area (Å²) in [5.74, 6) is -0.295. The number of rotatable bonds is 13. The molecule has 1 unspecified atom stereocenters. The van der Waals surface area contributed by atoms with Gasteiger partial charge in [0.15, 0.2) is 0 Å². The van der Waals surface area contributed by atoms with Crippen molar-refractivity contribution < 1.29 is 19.3 Å². The lowest BCUT2D eigenvalue weighted by Crippen LogP contribution is -2.57. The minimum atomic E-state index is -0.787. The highest BCUT2D eigenvalue weighted by atomic mass is 16.6. The monoisotopic (exact) mass is 587 g/mol. The quantitative estimate of drug-likeness (QED) is 0.132. The van der Waals surface area contributed by atoms with E-state index in [1.54, 1.807) is 17.0 Å². The maximum Gasteiger partial charge on any atom is 0.269 e. The normalized spacial score (nSPS) is 15.7. The number of non-ortho nitro benzene ring substituents is 1. The molecule has 1 aliphatic rings. The van der Waals surface area contributed by atoms with Crippen molar-refractivity contribution in [1.29, 1.82) is 0 Å². The molecule has 10 heteroatoms. The number of fused-ring (bicyclic) bond motifs is 1. The summed E-state index contributed by atoms with van der Waals surface area (Å²) in [4.78, 5) is 53.3. The molecule has 3 aromatic carbocycles. The molecule has 0 bridgehead atoms. The van der Waals surface area contributed by atoms with Crippen LogP contribution in [0, 0.1) is 15.5 Å². The van der Waals surface area contributed by atoms with E-state index >= 15 is 0 Å². The first-order valence-electron chi connectivity index (χ1n) is 14.8. The van der Waals surface area contributed by atoms with Gasteiger partial charge in [0.05, 0.1) is 4.92 Å². The van der Waals surface area contributed by atoms with Crippen molar-refractivity contribution in [2.75, 3.05) is 19.6 Å². The molecule has 1 aliphatic heterocycles.